The van der Waals surface area contributed by atoms with Gasteiger partial charge in [-0.15, -0.1) is 0 Å². The lowest BCUT2D eigenvalue weighted by Gasteiger charge is -2.39. The van der Waals surface area contributed by atoms with Gasteiger partial charge < -0.3 is 19.5 Å². The maximum atomic E-state index is 11.1. The Morgan fingerprint density at radius 1 is 1.24 bits per heavy atom. The normalized spacial score (nSPS) is 18.5. The summed E-state index contributed by atoms with van der Waals surface area (Å²) in [4.78, 5) is 2.40. The van der Waals surface area contributed by atoms with Crippen molar-refractivity contribution < 1.29 is 14.6 Å². The molecule has 2 rings (SSSR count). The van der Waals surface area contributed by atoms with Crippen molar-refractivity contribution in [1.82, 2.24) is 4.90 Å². The average molecular weight is 358 g/mol. The Balaban J connectivity index is 2.27. The zero-order chi connectivity index (χ0) is 15.5. The molecular formula is C16H24BrNO3. The van der Waals surface area contributed by atoms with Crippen molar-refractivity contribution in [1.29, 1.82) is 0 Å². The molecule has 1 aliphatic heterocycles. The van der Waals surface area contributed by atoms with Gasteiger partial charge in [0.1, 0.15) is 16.0 Å². The number of nitrogens with zero attached hydrogens (tertiary/aromatic N) is 1. The summed E-state index contributed by atoms with van der Waals surface area (Å²) in [6, 6.07) is 3.79. The Hall–Kier alpha value is -0.780. The molecule has 0 bridgehead atoms. The lowest BCUT2D eigenvalue weighted by atomic mass is 9.83. The first-order chi connectivity index (χ1) is 10.1. The molecule has 0 atom stereocenters. The van der Waals surface area contributed by atoms with Crippen molar-refractivity contribution in [2.75, 3.05) is 33.9 Å². The lowest BCUT2D eigenvalue weighted by molar-refractivity contribution is -0.0274. The van der Waals surface area contributed by atoms with E-state index < -0.39 is 5.60 Å². The number of ether oxygens (including phenoxy) is 2. The molecule has 118 valence electrons. The molecule has 1 aromatic rings. The highest BCUT2D eigenvalue weighted by Gasteiger charge is 2.37. The van der Waals surface area contributed by atoms with Crippen LogP contribution in [0.5, 0.6) is 11.5 Å². The quantitative estimate of drug-likeness (QED) is 0.878. The lowest BCUT2D eigenvalue weighted by Crippen LogP contribution is -2.43. The van der Waals surface area contributed by atoms with Crippen LogP contribution in [0.15, 0.2) is 16.6 Å². The highest BCUT2D eigenvalue weighted by Crippen LogP contribution is 2.44. The standard InChI is InChI=1S/C16H24BrNO3/c1-4-9-18-10-7-16(19,8-11-18)12-5-6-13(20-2)14(17)15(12)21-3/h5-6,19H,4,7-11H2,1-3H3. The first kappa shape index (κ1) is 16.6. The summed E-state index contributed by atoms with van der Waals surface area (Å²) >= 11 is 3.51. The zero-order valence-electron chi connectivity index (χ0n) is 13.0. The summed E-state index contributed by atoms with van der Waals surface area (Å²) in [5, 5.41) is 11.1. The van der Waals surface area contributed by atoms with Gasteiger partial charge in [-0.25, -0.2) is 0 Å². The fraction of sp³-hybridized carbons (Fsp3) is 0.625. The van der Waals surface area contributed by atoms with Crippen LogP contribution < -0.4 is 9.47 Å². The van der Waals surface area contributed by atoms with E-state index in [1.807, 2.05) is 12.1 Å². The summed E-state index contributed by atoms with van der Waals surface area (Å²) in [7, 11) is 3.25. The van der Waals surface area contributed by atoms with Gasteiger partial charge in [0, 0.05) is 18.7 Å². The molecule has 21 heavy (non-hydrogen) atoms. The fourth-order valence-electron chi connectivity index (χ4n) is 2.99. The van der Waals surface area contributed by atoms with E-state index in [1.165, 1.54) is 0 Å². The molecule has 0 aliphatic carbocycles. The van der Waals surface area contributed by atoms with E-state index in [4.69, 9.17) is 9.47 Å². The van der Waals surface area contributed by atoms with Gasteiger partial charge in [0.15, 0.2) is 0 Å². The van der Waals surface area contributed by atoms with Crippen molar-refractivity contribution in [2.24, 2.45) is 0 Å². The number of hydrogen-bond donors (Lipinski definition) is 1. The summed E-state index contributed by atoms with van der Waals surface area (Å²) < 4.78 is 11.6. The van der Waals surface area contributed by atoms with Crippen molar-refractivity contribution in [3.8, 4) is 11.5 Å². The number of halogens is 1. The van der Waals surface area contributed by atoms with E-state index in [0.717, 1.165) is 48.9 Å². The van der Waals surface area contributed by atoms with Crippen LogP contribution in [0.25, 0.3) is 0 Å². The van der Waals surface area contributed by atoms with Crippen LogP contribution in [0.3, 0.4) is 0 Å². The molecule has 1 aromatic carbocycles. The van der Waals surface area contributed by atoms with E-state index in [1.54, 1.807) is 14.2 Å². The third kappa shape index (κ3) is 3.35. The van der Waals surface area contributed by atoms with Crippen LogP contribution >= 0.6 is 15.9 Å². The summed E-state index contributed by atoms with van der Waals surface area (Å²) in [6.07, 6.45) is 2.60. The third-order valence-electron chi connectivity index (χ3n) is 4.21. The molecule has 0 spiro atoms. The van der Waals surface area contributed by atoms with Gasteiger partial charge in [0.2, 0.25) is 0 Å². The van der Waals surface area contributed by atoms with Gasteiger partial charge in [-0.2, -0.15) is 0 Å². The average Bonchev–Trinajstić information content (AvgIpc) is 2.49. The van der Waals surface area contributed by atoms with Crippen molar-refractivity contribution in [3.05, 3.63) is 22.2 Å². The van der Waals surface area contributed by atoms with Crippen LogP contribution in [0, 0.1) is 0 Å². The van der Waals surface area contributed by atoms with Crippen molar-refractivity contribution >= 4 is 15.9 Å². The van der Waals surface area contributed by atoms with Gasteiger partial charge in [-0.05, 0) is 53.9 Å². The fourth-order valence-corrected chi connectivity index (χ4v) is 3.66. The topological polar surface area (TPSA) is 41.9 Å². The molecule has 1 saturated heterocycles. The predicted octanol–water partition coefficient (Wildman–Crippen LogP) is 3.16. The molecular weight excluding hydrogens is 334 g/mol. The van der Waals surface area contributed by atoms with Gasteiger partial charge in [0.05, 0.1) is 19.8 Å². The number of rotatable bonds is 5. The Morgan fingerprint density at radius 3 is 2.43 bits per heavy atom. The van der Waals surface area contributed by atoms with Crippen molar-refractivity contribution in [3.63, 3.8) is 0 Å². The molecule has 1 fully saturated rings. The SMILES string of the molecule is CCCN1CCC(O)(c2ccc(OC)c(Br)c2OC)CC1. The number of aliphatic hydroxyl groups is 1. The highest BCUT2D eigenvalue weighted by atomic mass is 79.9. The minimum atomic E-state index is -0.829. The van der Waals surface area contributed by atoms with Gasteiger partial charge >= 0.3 is 0 Å². The van der Waals surface area contributed by atoms with E-state index >= 15 is 0 Å². The Kier molecular flexibility index (Phi) is 5.52. The van der Waals surface area contributed by atoms with E-state index in [0.29, 0.717) is 11.5 Å². The molecule has 0 amide bonds. The second-order valence-corrected chi connectivity index (χ2v) is 6.33. The second-order valence-electron chi connectivity index (χ2n) is 5.54. The smallest absolute Gasteiger partial charge is 0.142 e. The first-order valence-electron chi connectivity index (χ1n) is 7.41. The monoisotopic (exact) mass is 357 g/mol. The molecule has 0 saturated carbocycles. The number of benzene rings is 1. The molecule has 1 aliphatic rings. The molecule has 4 nitrogen and oxygen atoms in total. The minimum Gasteiger partial charge on any atom is -0.495 e. The first-order valence-corrected chi connectivity index (χ1v) is 8.20. The Labute approximate surface area is 135 Å². The minimum absolute atomic E-state index is 0.667. The van der Waals surface area contributed by atoms with Crippen LogP contribution in [0.1, 0.15) is 31.7 Å². The largest absolute Gasteiger partial charge is 0.495 e. The maximum absolute atomic E-state index is 11.1. The highest BCUT2D eigenvalue weighted by molar-refractivity contribution is 9.10. The van der Waals surface area contributed by atoms with Crippen LogP contribution in [0.2, 0.25) is 0 Å². The zero-order valence-corrected chi connectivity index (χ0v) is 14.6. The van der Waals surface area contributed by atoms with Crippen LogP contribution in [-0.2, 0) is 5.60 Å². The Bertz CT molecular complexity index is 485. The van der Waals surface area contributed by atoms with E-state index in [9.17, 15) is 5.11 Å². The number of likely N-dealkylation sites (tertiary alicyclic amines) is 1. The molecule has 5 heteroatoms. The summed E-state index contributed by atoms with van der Waals surface area (Å²) in [6.45, 7) is 5.11. The molecule has 1 heterocycles. The van der Waals surface area contributed by atoms with E-state index in [2.05, 4.69) is 27.8 Å². The Morgan fingerprint density at radius 2 is 1.90 bits per heavy atom. The van der Waals surface area contributed by atoms with Gasteiger partial charge in [0.25, 0.3) is 0 Å². The predicted molar refractivity (Wildman–Crippen MR) is 87.1 cm³/mol. The molecule has 0 unspecified atom stereocenters. The number of methoxy groups -OCH3 is 2. The molecule has 1 N–H and O–H groups in total. The third-order valence-corrected chi connectivity index (χ3v) is 4.96. The number of piperidine rings is 1. The maximum Gasteiger partial charge on any atom is 0.142 e. The summed E-state index contributed by atoms with van der Waals surface area (Å²) in [5.41, 5.74) is 0.0125. The van der Waals surface area contributed by atoms with Crippen LogP contribution in [0.4, 0.5) is 0 Å². The van der Waals surface area contributed by atoms with Crippen LogP contribution in [-0.4, -0.2) is 43.9 Å². The second kappa shape index (κ2) is 6.99. The van der Waals surface area contributed by atoms with Crippen molar-refractivity contribution in [2.45, 2.75) is 31.8 Å². The van der Waals surface area contributed by atoms with E-state index in [-0.39, 0.29) is 0 Å². The van der Waals surface area contributed by atoms with Gasteiger partial charge in [-0.1, -0.05) is 6.92 Å². The van der Waals surface area contributed by atoms with Gasteiger partial charge in [-0.3, -0.25) is 0 Å². The molecule has 0 aromatic heterocycles. The summed E-state index contributed by atoms with van der Waals surface area (Å²) in [5.74, 6) is 1.38. The number of hydrogen-bond acceptors (Lipinski definition) is 4. The molecule has 0 radical (unpaired) electrons.